The van der Waals surface area contributed by atoms with Crippen molar-refractivity contribution in [3.8, 4) is 0 Å². The highest BCUT2D eigenvalue weighted by Gasteiger charge is 2.49. The number of carbonyl (C=O) groups is 1. The molecule has 78 valence electrons. The van der Waals surface area contributed by atoms with Crippen molar-refractivity contribution < 1.29 is 18.8 Å². The molecular formula is C9H15N2O3+. The van der Waals surface area contributed by atoms with E-state index >= 15 is 0 Å². The van der Waals surface area contributed by atoms with Crippen LogP contribution in [-0.2, 0) is 9.47 Å². The van der Waals surface area contributed by atoms with Crippen molar-refractivity contribution in [3.05, 3.63) is 0 Å². The Bertz CT molecular complexity index is 247. The Morgan fingerprint density at radius 3 is 2.21 bits per heavy atom. The Labute approximate surface area is 82.5 Å². The zero-order chi connectivity index (χ0) is 9.60. The van der Waals surface area contributed by atoms with Gasteiger partial charge in [0.25, 0.3) is 0 Å². The van der Waals surface area contributed by atoms with Gasteiger partial charge >= 0.3 is 6.03 Å². The van der Waals surface area contributed by atoms with Gasteiger partial charge < -0.3 is 9.47 Å². The SMILES string of the molecule is O=C1NCC[N+]1(CC1CO1)CC1CO1. The van der Waals surface area contributed by atoms with Gasteiger partial charge in [-0.05, 0) is 0 Å². The third-order valence-corrected chi connectivity index (χ3v) is 3.16. The van der Waals surface area contributed by atoms with Gasteiger partial charge in [0, 0.05) is 0 Å². The molecule has 0 bridgehead atoms. The second-order valence-corrected chi connectivity index (χ2v) is 4.38. The van der Waals surface area contributed by atoms with Gasteiger partial charge in [0.05, 0.1) is 19.8 Å². The smallest absolute Gasteiger partial charge is 0.367 e. The molecule has 0 saturated carbocycles. The molecule has 14 heavy (non-hydrogen) atoms. The summed E-state index contributed by atoms with van der Waals surface area (Å²) < 4.78 is 10.9. The van der Waals surface area contributed by atoms with E-state index in [-0.39, 0.29) is 6.03 Å². The highest BCUT2D eigenvalue weighted by Crippen LogP contribution is 2.24. The molecular weight excluding hydrogens is 184 g/mol. The topological polar surface area (TPSA) is 54.2 Å². The van der Waals surface area contributed by atoms with E-state index < -0.39 is 0 Å². The van der Waals surface area contributed by atoms with Gasteiger partial charge in [-0.3, -0.25) is 5.32 Å². The minimum Gasteiger partial charge on any atom is -0.367 e. The van der Waals surface area contributed by atoms with E-state index in [0.717, 1.165) is 39.4 Å². The van der Waals surface area contributed by atoms with Gasteiger partial charge in [-0.15, -0.1) is 0 Å². The highest BCUT2D eigenvalue weighted by molar-refractivity contribution is 5.68. The number of rotatable bonds is 4. The average Bonchev–Trinajstić information content (AvgIpc) is 3.00. The number of nitrogens with zero attached hydrogens (tertiary/aromatic N) is 1. The molecule has 3 saturated heterocycles. The molecule has 2 atom stereocenters. The molecule has 0 radical (unpaired) electrons. The number of hydrogen-bond donors (Lipinski definition) is 1. The molecule has 5 nitrogen and oxygen atoms in total. The number of hydrogen-bond acceptors (Lipinski definition) is 3. The minimum atomic E-state index is 0.149. The monoisotopic (exact) mass is 199 g/mol. The molecule has 2 amide bonds. The van der Waals surface area contributed by atoms with Crippen molar-refractivity contribution in [3.63, 3.8) is 0 Å². The van der Waals surface area contributed by atoms with Gasteiger partial charge in [0.15, 0.2) is 0 Å². The molecule has 5 heteroatoms. The maximum atomic E-state index is 11.8. The van der Waals surface area contributed by atoms with Gasteiger partial charge in [0.2, 0.25) is 0 Å². The van der Waals surface area contributed by atoms with E-state index in [1.807, 2.05) is 0 Å². The maximum Gasteiger partial charge on any atom is 0.417 e. The summed E-state index contributed by atoms with van der Waals surface area (Å²) in [5.41, 5.74) is 0. The Hall–Kier alpha value is -0.650. The molecule has 0 aromatic heterocycles. The quantitative estimate of drug-likeness (QED) is 0.482. The van der Waals surface area contributed by atoms with Crippen LogP contribution in [0.25, 0.3) is 0 Å². The normalized spacial score (nSPS) is 45.0. The lowest BCUT2D eigenvalue weighted by molar-refractivity contribution is -0.841. The minimum absolute atomic E-state index is 0.149. The van der Waals surface area contributed by atoms with Gasteiger partial charge in [-0.25, -0.2) is 9.28 Å². The zero-order valence-corrected chi connectivity index (χ0v) is 8.07. The predicted octanol–water partition coefficient (Wildman–Crippen LogP) is -0.676. The lowest BCUT2D eigenvalue weighted by atomic mass is 10.3. The van der Waals surface area contributed by atoms with Crippen molar-refractivity contribution in [1.29, 1.82) is 0 Å². The molecule has 3 heterocycles. The van der Waals surface area contributed by atoms with E-state index in [2.05, 4.69) is 5.32 Å². The average molecular weight is 199 g/mol. The van der Waals surface area contributed by atoms with Crippen molar-refractivity contribution in [2.24, 2.45) is 0 Å². The van der Waals surface area contributed by atoms with Crippen LogP contribution < -0.4 is 5.32 Å². The molecule has 3 fully saturated rings. The third-order valence-electron chi connectivity index (χ3n) is 3.16. The van der Waals surface area contributed by atoms with Crippen LogP contribution in [0.5, 0.6) is 0 Å². The van der Waals surface area contributed by atoms with E-state index in [4.69, 9.17) is 9.47 Å². The number of amides is 2. The van der Waals surface area contributed by atoms with Crippen molar-refractivity contribution in [1.82, 2.24) is 5.32 Å². The number of carbonyl (C=O) groups excluding carboxylic acids is 1. The summed E-state index contributed by atoms with van der Waals surface area (Å²) in [5, 5.41) is 2.90. The fourth-order valence-corrected chi connectivity index (χ4v) is 2.20. The van der Waals surface area contributed by atoms with Crippen LogP contribution in [0, 0.1) is 0 Å². The Morgan fingerprint density at radius 2 is 1.86 bits per heavy atom. The molecule has 0 aromatic carbocycles. The number of nitrogens with one attached hydrogen (secondary N) is 1. The van der Waals surface area contributed by atoms with E-state index in [1.165, 1.54) is 0 Å². The van der Waals surface area contributed by atoms with Crippen LogP contribution in [0.3, 0.4) is 0 Å². The standard InChI is InChI=1S/C9H14N2O3/c12-9-10-1-2-11(9,3-7-5-13-7)4-8-6-14-8/h7-8H,1-6H2/p+1. The largest absolute Gasteiger partial charge is 0.417 e. The van der Waals surface area contributed by atoms with E-state index in [0.29, 0.717) is 16.7 Å². The summed E-state index contributed by atoms with van der Waals surface area (Å²) in [5.74, 6) is 0. The number of epoxide rings is 2. The third kappa shape index (κ3) is 1.51. The Morgan fingerprint density at radius 1 is 1.29 bits per heavy atom. The van der Waals surface area contributed by atoms with Crippen LogP contribution in [0.2, 0.25) is 0 Å². The van der Waals surface area contributed by atoms with Crippen LogP contribution >= 0.6 is 0 Å². The van der Waals surface area contributed by atoms with Crippen LogP contribution in [0.4, 0.5) is 4.79 Å². The summed E-state index contributed by atoms with van der Waals surface area (Å²) in [4.78, 5) is 11.8. The number of urea groups is 1. The summed E-state index contributed by atoms with van der Waals surface area (Å²) >= 11 is 0. The number of quaternary nitrogens is 1. The fourth-order valence-electron chi connectivity index (χ4n) is 2.20. The Balaban J connectivity index is 1.72. The Kier molecular flexibility index (Phi) is 1.80. The first-order valence-electron chi connectivity index (χ1n) is 5.16. The molecule has 3 aliphatic rings. The van der Waals surface area contributed by atoms with E-state index in [9.17, 15) is 4.79 Å². The summed E-state index contributed by atoms with van der Waals surface area (Å²) in [6, 6.07) is 0.149. The number of ether oxygens (including phenoxy) is 2. The second-order valence-electron chi connectivity index (χ2n) is 4.38. The summed E-state index contributed by atoms with van der Waals surface area (Å²) in [6.45, 7) is 4.96. The van der Waals surface area contributed by atoms with Crippen LogP contribution in [-0.4, -0.2) is 62.1 Å². The lowest BCUT2D eigenvalue weighted by Gasteiger charge is -2.28. The van der Waals surface area contributed by atoms with Crippen LogP contribution in [0.15, 0.2) is 0 Å². The lowest BCUT2D eigenvalue weighted by Crippen LogP contribution is -2.54. The first kappa shape index (κ1) is 8.64. The molecule has 0 aromatic rings. The van der Waals surface area contributed by atoms with Gasteiger partial charge in [-0.2, -0.15) is 0 Å². The van der Waals surface area contributed by atoms with Gasteiger partial charge in [-0.1, -0.05) is 0 Å². The summed E-state index contributed by atoms with van der Waals surface area (Å²) in [6.07, 6.45) is 0.607. The highest BCUT2D eigenvalue weighted by atomic mass is 16.6. The van der Waals surface area contributed by atoms with Crippen LogP contribution in [0.1, 0.15) is 0 Å². The fraction of sp³-hybridized carbons (Fsp3) is 0.889. The molecule has 0 aliphatic carbocycles. The molecule has 3 rings (SSSR count). The first-order valence-corrected chi connectivity index (χ1v) is 5.16. The maximum absolute atomic E-state index is 11.8. The van der Waals surface area contributed by atoms with Crippen molar-refractivity contribution in [2.45, 2.75) is 12.2 Å². The molecule has 0 spiro atoms. The summed E-state index contributed by atoms with van der Waals surface area (Å²) in [7, 11) is 0. The first-order chi connectivity index (χ1) is 6.78. The zero-order valence-electron chi connectivity index (χ0n) is 8.07. The second kappa shape index (κ2) is 2.92. The molecule has 1 N–H and O–H groups in total. The van der Waals surface area contributed by atoms with E-state index in [1.54, 1.807) is 0 Å². The van der Waals surface area contributed by atoms with Crippen molar-refractivity contribution in [2.75, 3.05) is 39.4 Å². The molecule has 2 unspecified atom stereocenters. The van der Waals surface area contributed by atoms with Gasteiger partial charge in [0.1, 0.15) is 31.8 Å². The molecule has 3 aliphatic heterocycles. The van der Waals surface area contributed by atoms with Crippen molar-refractivity contribution >= 4 is 6.03 Å². The predicted molar refractivity (Wildman–Crippen MR) is 47.7 cm³/mol.